The molecule has 28 heavy (non-hydrogen) atoms. The van der Waals surface area contributed by atoms with E-state index in [1.54, 1.807) is 24.1 Å². The molecule has 1 aromatic carbocycles. The van der Waals surface area contributed by atoms with E-state index in [0.29, 0.717) is 0 Å². The van der Waals surface area contributed by atoms with E-state index in [2.05, 4.69) is 33.4 Å². The zero-order chi connectivity index (χ0) is 20.1. The number of hydrogen-bond acceptors (Lipinski definition) is 7. The van der Waals surface area contributed by atoms with Gasteiger partial charge >= 0.3 is 0 Å². The number of allylic oxidation sites excluding steroid dienone is 2. The third-order valence-corrected chi connectivity index (χ3v) is 6.12. The van der Waals surface area contributed by atoms with Gasteiger partial charge in [0.25, 0.3) is 0 Å². The van der Waals surface area contributed by atoms with Crippen LogP contribution in [-0.2, 0) is 0 Å². The third-order valence-electron chi connectivity index (χ3n) is 5.12. The second-order valence-corrected chi connectivity index (χ2v) is 8.41. The van der Waals surface area contributed by atoms with Crippen molar-refractivity contribution in [3.05, 3.63) is 64.2 Å². The van der Waals surface area contributed by atoms with E-state index in [1.165, 1.54) is 23.9 Å². The molecule has 2 aliphatic rings. The Balaban J connectivity index is 1.77. The first-order chi connectivity index (χ1) is 13.5. The Morgan fingerprint density at radius 1 is 1.36 bits per heavy atom. The maximum absolute atomic E-state index is 13.2. The molecule has 8 heteroatoms. The predicted octanol–water partition coefficient (Wildman–Crippen LogP) is 3.31. The molecule has 1 aliphatic heterocycles. The Morgan fingerprint density at radius 2 is 2.11 bits per heavy atom. The summed E-state index contributed by atoms with van der Waals surface area (Å²) in [6.07, 6.45) is 7.16. The van der Waals surface area contributed by atoms with Crippen LogP contribution in [0.4, 0.5) is 10.1 Å². The number of rotatable bonds is 7. The van der Waals surface area contributed by atoms with Crippen molar-refractivity contribution in [3.63, 3.8) is 0 Å². The lowest BCUT2D eigenvalue weighted by Gasteiger charge is -2.44. The smallest absolute Gasteiger partial charge is 0.123 e. The summed E-state index contributed by atoms with van der Waals surface area (Å²) < 4.78 is 15.5. The van der Waals surface area contributed by atoms with Crippen LogP contribution in [0.25, 0.3) is 0 Å². The Kier molecular flexibility index (Phi) is 6.43. The fourth-order valence-corrected chi connectivity index (χ4v) is 4.72. The number of hydrazine groups is 1. The molecule has 150 valence electrons. The van der Waals surface area contributed by atoms with Crippen molar-refractivity contribution in [1.82, 2.24) is 15.0 Å². The molecule has 1 atom stereocenters. The summed E-state index contributed by atoms with van der Waals surface area (Å²) in [6.45, 7) is 4.03. The number of nitrogens with zero attached hydrogens (tertiary/aromatic N) is 1. The van der Waals surface area contributed by atoms with E-state index in [9.17, 15) is 4.39 Å². The molecule has 0 spiro atoms. The predicted molar refractivity (Wildman–Crippen MR) is 115 cm³/mol. The van der Waals surface area contributed by atoms with E-state index < -0.39 is 0 Å². The zero-order valence-electron chi connectivity index (χ0n) is 16.2. The van der Waals surface area contributed by atoms with E-state index >= 15 is 0 Å². The van der Waals surface area contributed by atoms with Crippen LogP contribution in [0, 0.1) is 16.6 Å². The zero-order valence-corrected chi connectivity index (χ0v) is 17.0. The Morgan fingerprint density at radius 3 is 2.75 bits per heavy atom. The number of halogens is 1. The lowest BCUT2D eigenvalue weighted by molar-refractivity contribution is 0.245. The van der Waals surface area contributed by atoms with Gasteiger partial charge in [-0.2, -0.15) is 0 Å². The molecule has 1 saturated heterocycles. The molecule has 1 fully saturated rings. The van der Waals surface area contributed by atoms with Crippen LogP contribution in [0.3, 0.4) is 0 Å². The van der Waals surface area contributed by atoms with Crippen molar-refractivity contribution in [2.24, 2.45) is 11.3 Å². The van der Waals surface area contributed by atoms with Crippen LogP contribution < -0.4 is 21.9 Å². The van der Waals surface area contributed by atoms with Gasteiger partial charge in [-0.25, -0.2) is 14.5 Å². The molecule has 3 rings (SSSR count). The van der Waals surface area contributed by atoms with Gasteiger partial charge in [-0.15, -0.1) is 0 Å². The van der Waals surface area contributed by atoms with Gasteiger partial charge in [0.05, 0.1) is 0 Å². The number of nitrogens with one attached hydrogen (secondary N) is 4. The highest BCUT2D eigenvalue weighted by atomic mass is 32.2. The second-order valence-electron chi connectivity index (χ2n) is 7.27. The van der Waals surface area contributed by atoms with Crippen LogP contribution >= 0.6 is 11.9 Å². The highest BCUT2D eigenvalue weighted by molar-refractivity contribution is 8.00. The summed E-state index contributed by atoms with van der Waals surface area (Å²) in [7, 11) is 1.84. The maximum Gasteiger partial charge on any atom is 0.123 e. The van der Waals surface area contributed by atoms with Gasteiger partial charge in [0.2, 0.25) is 0 Å². The van der Waals surface area contributed by atoms with Crippen LogP contribution in [0.1, 0.15) is 19.8 Å². The van der Waals surface area contributed by atoms with Crippen molar-refractivity contribution in [2.45, 2.75) is 19.8 Å². The molecule has 0 amide bonds. The topological polar surface area (TPSA) is 89.2 Å². The number of anilines is 1. The first-order valence-corrected chi connectivity index (χ1v) is 9.99. The van der Waals surface area contributed by atoms with Gasteiger partial charge in [-0.1, -0.05) is 12.5 Å². The summed E-state index contributed by atoms with van der Waals surface area (Å²) >= 11 is 1.60. The average molecular weight is 403 g/mol. The largest absolute Gasteiger partial charge is 0.392 e. The third kappa shape index (κ3) is 4.57. The van der Waals surface area contributed by atoms with Crippen LogP contribution in [0.5, 0.6) is 0 Å². The molecule has 1 aliphatic carbocycles. The lowest BCUT2D eigenvalue weighted by Crippen LogP contribution is -2.42. The summed E-state index contributed by atoms with van der Waals surface area (Å²) in [6, 6.07) is 6.30. The van der Waals surface area contributed by atoms with Crippen LogP contribution in [0.15, 0.2) is 58.4 Å². The van der Waals surface area contributed by atoms with Gasteiger partial charge in [-0.05, 0) is 60.7 Å². The summed E-state index contributed by atoms with van der Waals surface area (Å²) in [5, 5.41) is 15.1. The Hall–Kier alpha value is -2.29. The standard InChI is InChI=1S/C20H27FN6S/c1-20-10-14(11-22)18(25-17-5-3-16(21)4-6-17)9-15(20)7-8-27(13-20)28-19(26-23)12-24-2/h3-6,9,11-12,22,24-26H,7-8,10,13,23H2,1-2H3/b19-12+,22-11?. The molecule has 0 aromatic heterocycles. The molecule has 1 aromatic rings. The molecular weight excluding hydrogens is 375 g/mol. The van der Waals surface area contributed by atoms with Gasteiger partial charge in [0.15, 0.2) is 0 Å². The van der Waals surface area contributed by atoms with E-state index in [0.717, 1.165) is 47.9 Å². The Bertz CT molecular complexity index is 816. The minimum Gasteiger partial charge on any atom is -0.392 e. The van der Waals surface area contributed by atoms with Crippen LogP contribution in [0.2, 0.25) is 0 Å². The van der Waals surface area contributed by atoms with Crippen molar-refractivity contribution >= 4 is 23.8 Å². The van der Waals surface area contributed by atoms with Gasteiger partial charge < -0.3 is 21.5 Å². The van der Waals surface area contributed by atoms with Gasteiger partial charge in [-0.3, -0.25) is 0 Å². The lowest BCUT2D eigenvalue weighted by atomic mass is 9.70. The van der Waals surface area contributed by atoms with Gasteiger partial charge in [0.1, 0.15) is 10.8 Å². The maximum atomic E-state index is 13.2. The molecule has 1 unspecified atom stereocenters. The minimum absolute atomic E-state index is 0.0362. The summed E-state index contributed by atoms with van der Waals surface area (Å²) in [4.78, 5) is 0. The SMILES string of the molecule is CN/C=C(\NN)SN1CCC2=CC(Nc3ccc(F)cc3)=C(C=N)CC2(C)C1. The number of fused-ring (bicyclic) bond motifs is 1. The molecule has 0 bridgehead atoms. The average Bonchev–Trinajstić information content (AvgIpc) is 2.69. The molecule has 1 heterocycles. The monoisotopic (exact) mass is 402 g/mol. The van der Waals surface area contributed by atoms with Crippen LogP contribution in [-0.4, -0.2) is 30.7 Å². The van der Waals surface area contributed by atoms with E-state index in [-0.39, 0.29) is 11.2 Å². The molecule has 6 N–H and O–H groups in total. The number of piperidine rings is 1. The van der Waals surface area contributed by atoms with Gasteiger partial charge in [0, 0.05) is 49.4 Å². The first-order valence-electron chi connectivity index (χ1n) is 9.21. The quantitative estimate of drug-likeness (QED) is 0.208. The number of nitrogens with two attached hydrogens (primary N) is 1. The summed E-state index contributed by atoms with van der Waals surface area (Å²) in [5.41, 5.74) is 6.75. The fraction of sp³-hybridized carbons (Fsp3) is 0.350. The second kappa shape index (κ2) is 8.81. The molecule has 6 nitrogen and oxygen atoms in total. The number of hydrogen-bond donors (Lipinski definition) is 5. The van der Waals surface area contributed by atoms with Crippen molar-refractivity contribution in [2.75, 3.05) is 25.5 Å². The molecule has 0 radical (unpaired) electrons. The minimum atomic E-state index is -0.259. The first kappa shape index (κ1) is 20.4. The highest BCUT2D eigenvalue weighted by Gasteiger charge is 2.39. The Labute approximate surface area is 169 Å². The van der Waals surface area contributed by atoms with Crippen molar-refractivity contribution < 1.29 is 4.39 Å². The number of benzene rings is 1. The summed E-state index contributed by atoms with van der Waals surface area (Å²) in [5.74, 6) is 5.34. The normalized spacial score (nSPS) is 23.0. The van der Waals surface area contributed by atoms with Crippen molar-refractivity contribution in [3.8, 4) is 0 Å². The van der Waals surface area contributed by atoms with Crippen molar-refractivity contribution in [1.29, 1.82) is 5.41 Å². The van der Waals surface area contributed by atoms with E-state index in [4.69, 9.17) is 11.3 Å². The molecular formula is C20H27FN6S. The highest BCUT2D eigenvalue weighted by Crippen LogP contribution is 2.46. The fourth-order valence-electron chi connectivity index (χ4n) is 3.69. The van der Waals surface area contributed by atoms with E-state index in [1.807, 2.05) is 13.2 Å². The molecule has 0 saturated carbocycles.